The molecule has 2 aromatic rings. The summed E-state index contributed by atoms with van der Waals surface area (Å²) in [7, 11) is 1.30. The summed E-state index contributed by atoms with van der Waals surface area (Å²) in [5, 5.41) is 11.7. The Morgan fingerprint density at radius 1 is 1.40 bits per heavy atom. The van der Waals surface area contributed by atoms with Crippen molar-refractivity contribution in [3.63, 3.8) is 0 Å². The van der Waals surface area contributed by atoms with Crippen LogP contribution in [-0.2, 0) is 11.3 Å². The first-order valence-electron chi connectivity index (χ1n) is 5.70. The van der Waals surface area contributed by atoms with Gasteiger partial charge in [0.1, 0.15) is 11.6 Å². The average Bonchev–Trinajstić information content (AvgIpc) is 2.93. The highest BCUT2D eigenvalue weighted by atomic mass is 16.5. The Hall–Kier alpha value is -2.83. The lowest BCUT2D eigenvalue weighted by atomic mass is 10.2. The predicted octanol–water partition coefficient (Wildman–Crippen LogP) is 1.77. The number of ether oxygens (including phenoxy) is 1. The molecule has 0 radical (unpaired) electrons. The quantitative estimate of drug-likeness (QED) is 0.802. The number of hydrogen-bond donors (Lipinski definition) is 2. The van der Waals surface area contributed by atoms with Gasteiger partial charge in [0.25, 0.3) is 0 Å². The molecule has 104 valence electrons. The summed E-state index contributed by atoms with van der Waals surface area (Å²) in [4.78, 5) is 26.1. The van der Waals surface area contributed by atoms with E-state index in [-0.39, 0.29) is 12.3 Å². The minimum atomic E-state index is -1.12. The maximum absolute atomic E-state index is 11.4. The minimum absolute atomic E-state index is 0.127. The number of aromatic carboxylic acids is 1. The van der Waals surface area contributed by atoms with Gasteiger partial charge in [-0.05, 0) is 24.3 Å². The van der Waals surface area contributed by atoms with Crippen molar-refractivity contribution < 1.29 is 23.8 Å². The second-order valence-electron chi connectivity index (χ2n) is 3.85. The molecule has 0 spiro atoms. The van der Waals surface area contributed by atoms with Crippen LogP contribution in [0.3, 0.4) is 0 Å². The van der Waals surface area contributed by atoms with Crippen molar-refractivity contribution in [3.05, 3.63) is 47.5 Å². The molecule has 0 aliphatic heterocycles. The second-order valence-corrected chi connectivity index (χ2v) is 3.85. The van der Waals surface area contributed by atoms with E-state index >= 15 is 0 Å². The van der Waals surface area contributed by atoms with Crippen LogP contribution in [0.2, 0.25) is 0 Å². The molecule has 0 bridgehead atoms. The van der Waals surface area contributed by atoms with Crippen LogP contribution < -0.4 is 5.32 Å². The van der Waals surface area contributed by atoms with Gasteiger partial charge in [-0.15, -0.1) is 0 Å². The Labute approximate surface area is 114 Å². The number of anilines is 1. The third-order valence-corrected chi connectivity index (χ3v) is 2.50. The summed E-state index contributed by atoms with van der Waals surface area (Å²) < 4.78 is 9.69. The molecular weight excluding hydrogens is 264 g/mol. The fourth-order valence-electron chi connectivity index (χ4n) is 1.54. The number of nitrogens with one attached hydrogen (secondary N) is 1. The predicted molar refractivity (Wildman–Crippen MR) is 68.6 cm³/mol. The standard InChI is InChI=1S/C13H12N2O5/c1-19-13(18)8-4-5-14-11(6-8)15-7-9-2-3-10(20-9)12(16)17/h2-6H,7H2,1H3,(H,14,15)(H,16,17). The van der Waals surface area contributed by atoms with E-state index in [9.17, 15) is 9.59 Å². The number of aromatic nitrogens is 1. The van der Waals surface area contributed by atoms with Crippen molar-refractivity contribution in [2.45, 2.75) is 6.54 Å². The Morgan fingerprint density at radius 2 is 2.20 bits per heavy atom. The SMILES string of the molecule is COC(=O)c1ccnc(NCc2ccc(C(=O)O)o2)c1. The van der Waals surface area contributed by atoms with Crippen LogP contribution in [0, 0.1) is 0 Å². The summed E-state index contributed by atoms with van der Waals surface area (Å²) >= 11 is 0. The van der Waals surface area contributed by atoms with E-state index in [1.54, 1.807) is 6.07 Å². The molecule has 0 aliphatic rings. The zero-order valence-corrected chi connectivity index (χ0v) is 10.6. The number of pyridine rings is 1. The van der Waals surface area contributed by atoms with Crippen molar-refractivity contribution >= 4 is 17.8 Å². The summed E-state index contributed by atoms with van der Waals surface area (Å²) in [6, 6.07) is 6.00. The van der Waals surface area contributed by atoms with Crippen LogP contribution in [0.5, 0.6) is 0 Å². The average molecular weight is 276 g/mol. The van der Waals surface area contributed by atoms with Crippen LogP contribution >= 0.6 is 0 Å². The van der Waals surface area contributed by atoms with Gasteiger partial charge in [0.05, 0.1) is 19.2 Å². The monoisotopic (exact) mass is 276 g/mol. The zero-order chi connectivity index (χ0) is 14.5. The van der Waals surface area contributed by atoms with Crippen molar-refractivity contribution in [3.8, 4) is 0 Å². The van der Waals surface area contributed by atoms with E-state index in [1.807, 2.05) is 0 Å². The first-order valence-corrected chi connectivity index (χ1v) is 5.70. The van der Waals surface area contributed by atoms with Gasteiger partial charge in [-0.2, -0.15) is 0 Å². The summed E-state index contributed by atoms with van der Waals surface area (Å²) in [6.45, 7) is 0.255. The largest absolute Gasteiger partial charge is 0.475 e. The number of rotatable bonds is 5. The number of methoxy groups -OCH3 is 1. The molecule has 0 saturated carbocycles. The minimum Gasteiger partial charge on any atom is -0.475 e. The molecule has 0 fully saturated rings. The molecular formula is C13H12N2O5. The van der Waals surface area contributed by atoms with E-state index < -0.39 is 11.9 Å². The van der Waals surface area contributed by atoms with Crippen molar-refractivity contribution in [1.29, 1.82) is 0 Å². The van der Waals surface area contributed by atoms with Gasteiger partial charge in [-0.1, -0.05) is 0 Å². The molecule has 20 heavy (non-hydrogen) atoms. The molecule has 2 aromatic heterocycles. The molecule has 0 aromatic carbocycles. The molecule has 2 heterocycles. The molecule has 0 aliphatic carbocycles. The van der Waals surface area contributed by atoms with Crippen LogP contribution in [0.1, 0.15) is 26.7 Å². The lowest BCUT2D eigenvalue weighted by molar-refractivity contribution is 0.0599. The van der Waals surface area contributed by atoms with E-state index in [0.717, 1.165) is 0 Å². The van der Waals surface area contributed by atoms with E-state index in [0.29, 0.717) is 17.1 Å². The molecule has 0 amide bonds. The van der Waals surface area contributed by atoms with E-state index in [4.69, 9.17) is 9.52 Å². The van der Waals surface area contributed by atoms with Crippen LogP contribution in [0.25, 0.3) is 0 Å². The summed E-state index contributed by atoms with van der Waals surface area (Å²) in [5.41, 5.74) is 0.371. The summed E-state index contributed by atoms with van der Waals surface area (Å²) in [5.74, 6) is -0.796. The Balaban J connectivity index is 2.03. The number of carboxylic acids is 1. The van der Waals surface area contributed by atoms with Crippen molar-refractivity contribution in [2.75, 3.05) is 12.4 Å². The Bertz CT molecular complexity index is 635. The number of hydrogen-bond acceptors (Lipinski definition) is 6. The molecule has 0 unspecified atom stereocenters. The molecule has 2 N–H and O–H groups in total. The second kappa shape index (κ2) is 5.87. The number of carboxylic acid groups (broad SMARTS) is 1. The van der Waals surface area contributed by atoms with Crippen LogP contribution in [0.15, 0.2) is 34.9 Å². The van der Waals surface area contributed by atoms with E-state index in [2.05, 4.69) is 15.0 Å². The molecule has 7 nitrogen and oxygen atoms in total. The fraction of sp³-hybridized carbons (Fsp3) is 0.154. The normalized spacial score (nSPS) is 10.1. The van der Waals surface area contributed by atoms with Gasteiger partial charge in [0.15, 0.2) is 0 Å². The third-order valence-electron chi connectivity index (χ3n) is 2.50. The maximum atomic E-state index is 11.4. The Kier molecular flexibility index (Phi) is 3.99. The topological polar surface area (TPSA) is 102 Å². The molecule has 2 rings (SSSR count). The third kappa shape index (κ3) is 3.14. The molecule has 0 saturated heterocycles. The van der Waals surface area contributed by atoms with Gasteiger partial charge in [0.2, 0.25) is 5.76 Å². The lowest BCUT2D eigenvalue weighted by Gasteiger charge is -2.05. The zero-order valence-electron chi connectivity index (χ0n) is 10.6. The fourth-order valence-corrected chi connectivity index (χ4v) is 1.54. The van der Waals surface area contributed by atoms with Gasteiger partial charge in [0, 0.05) is 6.20 Å². The highest BCUT2D eigenvalue weighted by Crippen LogP contribution is 2.12. The highest BCUT2D eigenvalue weighted by molar-refractivity contribution is 5.90. The van der Waals surface area contributed by atoms with Gasteiger partial charge >= 0.3 is 11.9 Å². The first-order chi connectivity index (χ1) is 9.60. The summed E-state index contributed by atoms with van der Waals surface area (Å²) in [6.07, 6.45) is 1.47. The molecule has 0 atom stereocenters. The first kappa shape index (κ1) is 13.6. The highest BCUT2D eigenvalue weighted by Gasteiger charge is 2.10. The maximum Gasteiger partial charge on any atom is 0.371 e. The number of nitrogens with zero attached hydrogens (tertiary/aromatic N) is 1. The number of carbonyl (C=O) groups excluding carboxylic acids is 1. The number of esters is 1. The number of furan rings is 1. The Morgan fingerprint density at radius 3 is 2.85 bits per heavy atom. The van der Waals surface area contributed by atoms with Crippen molar-refractivity contribution in [1.82, 2.24) is 4.98 Å². The van der Waals surface area contributed by atoms with Crippen LogP contribution in [0.4, 0.5) is 5.82 Å². The van der Waals surface area contributed by atoms with Gasteiger partial charge in [-0.25, -0.2) is 14.6 Å². The van der Waals surface area contributed by atoms with Gasteiger partial charge in [-0.3, -0.25) is 0 Å². The van der Waals surface area contributed by atoms with Crippen molar-refractivity contribution in [2.24, 2.45) is 0 Å². The smallest absolute Gasteiger partial charge is 0.371 e. The lowest BCUT2D eigenvalue weighted by Crippen LogP contribution is -2.05. The van der Waals surface area contributed by atoms with Crippen LogP contribution in [-0.4, -0.2) is 29.1 Å². The number of carbonyl (C=O) groups is 2. The molecule has 7 heteroatoms. The van der Waals surface area contributed by atoms with Gasteiger partial charge < -0.3 is 19.6 Å². The van der Waals surface area contributed by atoms with E-state index in [1.165, 1.54) is 31.5 Å².